The standard InChI is InChI=1S/C12H11F3O3/c1-2-9-7-8(4-6-11(16)17)3-5-10(9)18-12(13,14)15/h3-7H,2H2,1H3,(H,16,17)/b6-4+. The summed E-state index contributed by atoms with van der Waals surface area (Å²) in [5, 5.41) is 8.45. The van der Waals surface area contributed by atoms with Crippen LogP contribution in [-0.4, -0.2) is 17.4 Å². The average molecular weight is 260 g/mol. The van der Waals surface area contributed by atoms with Crippen LogP contribution < -0.4 is 4.74 Å². The van der Waals surface area contributed by atoms with E-state index in [2.05, 4.69) is 4.74 Å². The Morgan fingerprint density at radius 2 is 2.11 bits per heavy atom. The zero-order chi connectivity index (χ0) is 13.8. The van der Waals surface area contributed by atoms with Gasteiger partial charge in [-0.3, -0.25) is 0 Å². The Hall–Kier alpha value is -1.98. The maximum atomic E-state index is 12.1. The number of carboxylic acid groups (broad SMARTS) is 1. The van der Waals surface area contributed by atoms with Gasteiger partial charge in [0.05, 0.1) is 0 Å². The number of rotatable bonds is 4. The number of carbonyl (C=O) groups is 1. The molecule has 1 aromatic carbocycles. The van der Waals surface area contributed by atoms with Crippen LogP contribution in [0.3, 0.4) is 0 Å². The van der Waals surface area contributed by atoms with Gasteiger partial charge in [-0.2, -0.15) is 0 Å². The zero-order valence-electron chi connectivity index (χ0n) is 9.49. The summed E-state index contributed by atoms with van der Waals surface area (Å²) in [6, 6.07) is 3.99. The van der Waals surface area contributed by atoms with Crippen LogP contribution in [0.25, 0.3) is 6.08 Å². The highest BCUT2D eigenvalue weighted by Gasteiger charge is 2.31. The molecule has 0 bridgehead atoms. The molecule has 0 atom stereocenters. The zero-order valence-corrected chi connectivity index (χ0v) is 9.49. The molecule has 0 unspecified atom stereocenters. The summed E-state index contributed by atoms with van der Waals surface area (Å²) in [5.41, 5.74) is 0.864. The van der Waals surface area contributed by atoms with Gasteiger partial charge < -0.3 is 9.84 Å². The lowest BCUT2D eigenvalue weighted by Gasteiger charge is -2.12. The summed E-state index contributed by atoms with van der Waals surface area (Å²) < 4.78 is 40.2. The number of hydrogen-bond acceptors (Lipinski definition) is 2. The molecule has 6 heteroatoms. The molecule has 3 nitrogen and oxygen atoms in total. The molecule has 1 N–H and O–H groups in total. The van der Waals surface area contributed by atoms with Gasteiger partial charge in [0.15, 0.2) is 0 Å². The highest BCUT2D eigenvalue weighted by atomic mass is 19.4. The summed E-state index contributed by atoms with van der Waals surface area (Å²) in [7, 11) is 0. The molecule has 0 aliphatic carbocycles. The predicted octanol–water partition coefficient (Wildman–Crippen LogP) is 3.25. The topological polar surface area (TPSA) is 46.5 Å². The Labute approximate surface area is 101 Å². The summed E-state index contributed by atoms with van der Waals surface area (Å²) >= 11 is 0. The summed E-state index contributed by atoms with van der Waals surface area (Å²) in [6.45, 7) is 1.68. The molecular weight excluding hydrogens is 249 g/mol. The molecule has 0 heterocycles. The van der Waals surface area contributed by atoms with Crippen molar-refractivity contribution in [1.82, 2.24) is 0 Å². The molecule has 0 fully saturated rings. The van der Waals surface area contributed by atoms with Gasteiger partial charge in [0.1, 0.15) is 5.75 Å². The maximum Gasteiger partial charge on any atom is 0.573 e. The third kappa shape index (κ3) is 4.48. The SMILES string of the molecule is CCc1cc(/C=C/C(=O)O)ccc1OC(F)(F)F. The number of ether oxygens (including phenoxy) is 1. The van der Waals surface area contributed by atoms with Gasteiger partial charge in [-0.05, 0) is 35.8 Å². The van der Waals surface area contributed by atoms with Crippen molar-refractivity contribution in [2.45, 2.75) is 19.7 Å². The van der Waals surface area contributed by atoms with Gasteiger partial charge in [-0.25, -0.2) is 4.79 Å². The second-order valence-corrected chi connectivity index (χ2v) is 3.44. The van der Waals surface area contributed by atoms with E-state index in [1.165, 1.54) is 24.3 Å². The molecule has 0 radical (unpaired) electrons. The fourth-order valence-electron chi connectivity index (χ4n) is 1.37. The number of aliphatic carboxylic acids is 1. The Morgan fingerprint density at radius 3 is 2.61 bits per heavy atom. The monoisotopic (exact) mass is 260 g/mol. The summed E-state index contributed by atoms with van der Waals surface area (Å²) in [5.74, 6) is -1.39. The highest BCUT2D eigenvalue weighted by molar-refractivity contribution is 5.85. The fourth-order valence-corrected chi connectivity index (χ4v) is 1.37. The number of aryl methyl sites for hydroxylation is 1. The van der Waals surface area contributed by atoms with Gasteiger partial charge in [0.2, 0.25) is 0 Å². The van der Waals surface area contributed by atoms with E-state index in [1.54, 1.807) is 6.92 Å². The third-order valence-corrected chi connectivity index (χ3v) is 2.11. The van der Waals surface area contributed by atoms with Crippen LogP contribution in [0.1, 0.15) is 18.1 Å². The Balaban J connectivity index is 3.00. The fraction of sp³-hybridized carbons (Fsp3) is 0.250. The molecule has 0 aromatic heterocycles. The van der Waals surface area contributed by atoms with Crippen LogP contribution >= 0.6 is 0 Å². The minimum absolute atomic E-state index is 0.266. The van der Waals surface area contributed by atoms with Gasteiger partial charge in [0.25, 0.3) is 0 Å². The summed E-state index contributed by atoms with van der Waals surface area (Å²) in [4.78, 5) is 10.3. The lowest BCUT2D eigenvalue weighted by atomic mass is 10.1. The van der Waals surface area contributed by atoms with Crippen LogP contribution in [0.5, 0.6) is 5.75 Å². The predicted molar refractivity (Wildman–Crippen MR) is 59.2 cm³/mol. The van der Waals surface area contributed by atoms with E-state index < -0.39 is 12.3 Å². The second kappa shape index (κ2) is 5.57. The van der Waals surface area contributed by atoms with Crippen LogP contribution in [0.4, 0.5) is 13.2 Å². The van der Waals surface area contributed by atoms with Crippen molar-refractivity contribution < 1.29 is 27.8 Å². The van der Waals surface area contributed by atoms with Crippen molar-refractivity contribution in [2.75, 3.05) is 0 Å². The Bertz CT molecular complexity index is 464. The molecule has 0 amide bonds. The number of alkyl halides is 3. The van der Waals surface area contributed by atoms with Gasteiger partial charge in [-0.1, -0.05) is 13.0 Å². The largest absolute Gasteiger partial charge is 0.573 e. The first-order valence-corrected chi connectivity index (χ1v) is 5.11. The van der Waals surface area contributed by atoms with Gasteiger partial charge in [0, 0.05) is 6.08 Å². The molecule has 1 rings (SSSR count). The van der Waals surface area contributed by atoms with Gasteiger partial charge >= 0.3 is 12.3 Å². The van der Waals surface area contributed by atoms with Gasteiger partial charge in [-0.15, -0.1) is 13.2 Å². The molecule has 1 aromatic rings. The number of carboxylic acids is 1. The first kappa shape index (κ1) is 14.1. The molecule has 0 saturated carbocycles. The lowest BCUT2D eigenvalue weighted by Crippen LogP contribution is -2.18. The van der Waals surface area contributed by atoms with E-state index in [4.69, 9.17) is 5.11 Å². The summed E-state index contributed by atoms with van der Waals surface area (Å²) in [6.07, 6.45) is -2.17. The van der Waals surface area contributed by atoms with Crippen molar-refractivity contribution in [2.24, 2.45) is 0 Å². The molecule has 0 aliphatic rings. The first-order chi connectivity index (χ1) is 8.31. The minimum atomic E-state index is -4.73. The normalized spacial score (nSPS) is 11.8. The van der Waals surface area contributed by atoms with Crippen LogP contribution in [-0.2, 0) is 11.2 Å². The van der Waals surface area contributed by atoms with Crippen molar-refractivity contribution >= 4 is 12.0 Å². The highest BCUT2D eigenvalue weighted by Crippen LogP contribution is 2.27. The van der Waals surface area contributed by atoms with E-state index in [0.717, 1.165) is 6.08 Å². The number of halogens is 3. The molecule has 0 spiro atoms. The van der Waals surface area contributed by atoms with Crippen molar-refractivity contribution in [1.29, 1.82) is 0 Å². The van der Waals surface area contributed by atoms with Crippen LogP contribution in [0.15, 0.2) is 24.3 Å². The van der Waals surface area contributed by atoms with E-state index in [-0.39, 0.29) is 5.75 Å². The smallest absolute Gasteiger partial charge is 0.478 e. The number of hydrogen-bond donors (Lipinski definition) is 1. The second-order valence-electron chi connectivity index (χ2n) is 3.44. The molecule has 0 saturated heterocycles. The molecule has 18 heavy (non-hydrogen) atoms. The van der Waals surface area contributed by atoms with E-state index in [9.17, 15) is 18.0 Å². The maximum absolute atomic E-state index is 12.1. The van der Waals surface area contributed by atoms with E-state index in [1.807, 2.05) is 0 Å². The van der Waals surface area contributed by atoms with E-state index >= 15 is 0 Å². The lowest BCUT2D eigenvalue weighted by molar-refractivity contribution is -0.274. The average Bonchev–Trinajstić information content (AvgIpc) is 2.25. The minimum Gasteiger partial charge on any atom is -0.478 e. The number of benzene rings is 1. The molecule has 0 aliphatic heterocycles. The Kier molecular flexibility index (Phi) is 4.36. The van der Waals surface area contributed by atoms with Crippen molar-refractivity contribution in [3.8, 4) is 5.75 Å². The van der Waals surface area contributed by atoms with Crippen molar-refractivity contribution in [3.63, 3.8) is 0 Å². The first-order valence-electron chi connectivity index (χ1n) is 5.11. The Morgan fingerprint density at radius 1 is 1.44 bits per heavy atom. The van der Waals surface area contributed by atoms with Crippen LogP contribution in [0.2, 0.25) is 0 Å². The molecular formula is C12H11F3O3. The third-order valence-electron chi connectivity index (χ3n) is 2.11. The van der Waals surface area contributed by atoms with E-state index in [0.29, 0.717) is 17.5 Å². The molecule has 98 valence electrons. The van der Waals surface area contributed by atoms with Crippen LogP contribution in [0, 0.1) is 0 Å². The van der Waals surface area contributed by atoms with Crippen molar-refractivity contribution in [3.05, 3.63) is 35.4 Å². The quantitative estimate of drug-likeness (QED) is 0.845.